The van der Waals surface area contributed by atoms with Crippen LogP contribution in [0.15, 0.2) is 58.3 Å². The van der Waals surface area contributed by atoms with Crippen LogP contribution in [0.5, 0.6) is 5.75 Å². The van der Waals surface area contributed by atoms with Crippen LogP contribution in [0.25, 0.3) is 5.57 Å². The van der Waals surface area contributed by atoms with Crippen LogP contribution in [0.1, 0.15) is 18.4 Å². The van der Waals surface area contributed by atoms with E-state index in [1.165, 1.54) is 34.4 Å². The number of rotatable bonds is 7. The fraction of sp³-hybridized carbons (Fsp3) is 0.227. The van der Waals surface area contributed by atoms with Gasteiger partial charge in [-0.1, -0.05) is 29.8 Å². The summed E-state index contributed by atoms with van der Waals surface area (Å²) in [6.07, 6.45) is 3.55. The van der Waals surface area contributed by atoms with Crippen LogP contribution in [-0.4, -0.2) is 26.1 Å². The minimum absolute atomic E-state index is 0.00185. The smallest absolute Gasteiger partial charge is 0.266 e. The van der Waals surface area contributed by atoms with E-state index in [0.29, 0.717) is 0 Å². The number of benzene rings is 2. The van der Waals surface area contributed by atoms with Gasteiger partial charge in [0.05, 0.1) is 17.1 Å². The Morgan fingerprint density at radius 2 is 2.00 bits per heavy atom. The van der Waals surface area contributed by atoms with E-state index in [-0.39, 0.29) is 41.0 Å². The highest BCUT2D eigenvalue weighted by Gasteiger charge is 2.28. The molecule has 0 spiro atoms. The molecular formula is C22H20ClF2N3O3S2. The molecule has 0 unspecified atom stereocenters. The number of thiazole rings is 1. The average molecular weight is 512 g/mol. The number of nitrogens with two attached hydrogens (primary N) is 1. The fourth-order valence-electron chi connectivity index (χ4n) is 3.66. The molecule has 0 bridgehead atoms. The van der Waals surface area contributed by atoms with E-state index in [2.05, 4.69) is 9.71 Å². The number of anilines is 1. The molecule has 3 N–H and O–H groups in total. The molecule has 0 amide bonds. The van der Waals surface area contributed by atoms with Crippen molar-refractivity contribution in [2.75, 3.05) is 11.3 Å². The molecule has 2 atom stereocenters. The Morgan fingerprint density at radius 1 is 1.24 bits per heavy atom. The lowest BCUT2D eigenvalue weighted by Gasteiger charge is -2.30. The Kier molecular flexibility index (Phi) is 6.99. The zero-order chi connectivity index (χ0) is 23.6. The predicted molar refractivity (Wildman–Crippen MR) is 125 cm³/mol. The van der Waals surface area contributed by atoms with Gasteiger partial charge in [0.2, 0.25) is 0 Å². The summed E-state index contributed by atoms with van der Waals surface area (Å²) < 4.78 is 61.1. The van der Waals surface area contributed by atoms with Gasteiger partial charge in [0.1, 0.15) is 22.3 Å². The van der Waals surface area contributed by atoms with Crippen molar-refractivity contribution in [3.8, 4) is 5.75 Å². The largest absolute Gasteiger partial charge is 0.491 e. The quantitative estimate of drug-likeness (QED) is 0.461. The maximum Gasteiger partial charge on any atom is 0.266 e. The first kappa shape index (κ1) is 23.6. The Labute approximate surface area is 199 Å². The van der Waals surface area contributed by atoms with Crippen molar-refractivity contribution in [2.24, 2.45) is 11.7 Å². The summed E-state index contributed by atoms with van der Waals surface area (Å²) in [4.78, 5) is 3.22. The lowest BCUT2D eigenvalue weighted by molar-refractivity contribution is 0.252. The standard InChI is InChI=1S/C22H20ClF2N3O3S2/c23-17-8-21(33(29,30)28-22-11-32-12-27-22)18(25)9-20(17)31-10-16-15(2-1-3-19(16)26)13-4-6-14(24)7-5-13/h2,4-9,11-12,16,19,28H,1,3,10,26H2/t16-,19-/m1/s1. The lowest BCUT2D eigenvalue weighted by atomic mass is 9.81. The molecule has 0 saturated carbocycles. The van der Waals surface area contributed by atoms with Gasteiger partial charge < -0.3 is 10.5 Å². The molecule has 0 saturated heterocycles. The maximum absolute atomic E-state index is 14.7. The van der Waals surface area contributed by atoms with Gasteiger partial charge in [-0.05, 0) is 42.2 Å². The molecule has 1 aliphatic rings. The van der Waals surface area contributed by atoms with Gasteiger partial charge >= 0.3 is 0 Å². The van der Waals surface area contributed by atoms with E-state index in [9.17, 15) is 17.2 Å². The monoisotopic (exact) mass is 511 g/mol. The number of hydrogen-bond donors (Lipinski definition) is 2. The summed E-state index contributed by atoms with van der Waals surface area (Å²) >= 11 is 7.42. The van der Waals surface area contributed by atoms with Crippen molar-refractivity contribution < 1.29 is 21.9 Å². The molecule has 0 fully saturated rings. The van der Waals surface area contributed by atoms with Crippen LogP contribution in [0.2, 0.25) is 5.02 Å². The molecule has 1 aliphatic carbocycles. The van der Waals surface area contributed by atoms with Gasteiger partial charge in [-0.25, -0.2) is 22.2 Å². The first-order valence-corrected chi connectivity index (χ1v) is 12.8. The summed E-state index contributed by atoms with van der Waals surface area (Å²) in [6.45, 7) is 0.0900. The molecule has 4 rings (SSSR count). The van der Waals surface area contributed by atoms with E-state index in [1.807, 2.05) is 6.08 Å². The number of nitrogens with zero attached hydrogens (tertiary/aromatic N) is 1. The third kappa shape index (κ3) is 5.35. The third-order valence-electron chi connectivity index (χ3n) is 5.32. The summed E-state index contributed by atoms with van der Waals surface area (Å²) in [5.74, 6) is -1.51. The Morgan fingerprint density at radius 3 is 2.70 bits per heavy atom. The summed E-state index contributed by atoms with van der Waals surface area (Å²) in [5, 5.41) is 1.42. The molecule has 11 heteroatoms. The molecule has 0 aliphatic heterocycles. The third-order valence-corrected chi connectivity index (χ3v) is 7.58. The summed E-state index contributed by atoms with van der Waals surface area (Å²) in [6, 6.07) is 7.81. The first-order chi connectivity index (χ1) is 15.7. The predicted octanol–water partition coefficient (Wildman–Crippen LogP) is 5.08. The van der Waals surface area contributed by atoms with Gasteiger partial charge in [-0.2, -0.15) is 0 Å². The zero-order valence-electron chi connectivity index (χ0n) is 17.2. The van der Waals surface area contributed by atoms with Crippen LogP contribution in [0.4, 0.5) is 14.6 Å². The molecule has 2 aromatic carbocycles. The summed E-state index contributed by atoms with van der Waals surface area (Å²) in [5.41, 5.74) is 9.51. The van der Waals surface area contributed by atoms with E-state index in [4.69, 9.17) is 22.1 Å². The molecule has 6 nitrogen and oxygen atoms in total. The van der Waals surface area contributed by atoms with Gasteiger partial charge in [0.25, 0.3) is 10.0 Å². The van der Waals surface area contributed by atoms with Crippen LogP contribution in [0, 0.1) is 17.6 Å². The average Bonchev–Trinajstić information content (AvgIpc) is 3.27. The normalized spacial score (nSPS) is 18.6. The SMILES string of the molecule is N[C@@H]1CCC=C(c2ccc(F)cc2)[C@H]1COc1cc(F)c(S(=O)(=O)Nc2cscn2)cc1Cl. The van der Waals surface area contributed by atoms with Crippen LogP contribution in [0.3, 0.4) is 0 Å². The second-order valence-electron chi connectivity index (χ2n) is 7.52. The van der Waals surface area contributed by atoms with Crippen molar-refractivity contribution in [1.29, 1.82) is 0 Å². The van der Waals surface area contributed by atoms with Crippen molar-refractivity contribution in [2.45, 2.75) is 23.8 Å². The fourth-order valence-corrected chi connectivity index (χ4v) is 5.59. The highest BCUT2D eigenvalue weighted by Crippen LogP contribution is 2.35. The maximum atomic E-state index is 14.7. The van der Waals surface area contributed by atoms with E-state index < -0.39 is 20.7 Å². The van der Waals surface area contributed by atoms with Crippen LogP contribution in [-0.2, 0) is 10.0 Å². The lowest BCUT2D eigenvalue weighted by Crippen LogP contribution is -2.36. The van der Waals surface area contributed by atoms with Crippen LogP contribution < -0.4 is 15.2 Å². The highest BCUT2D eigenvalue weighted by molar-refractivity contribution is 7.92. The number of allylic oxidation sites excluding steroid dienone is 1. The van der Waals surface area contributed by atoms with Crippen molar-refractivity contribution in [3.63, 3.8) is 0 Å². The number of hydrogen-bond acceptors (Lipinski definition) is 6. The van der Waals surface area contributed by atoms with Gasteiger partial charge in [0.15, 0.2) is 5.82 Å². The molecule has 33 heavy (non-hydrogen) atoms. The number of ether oxygens (including phenoxy) is 1. The van der Waals surface area contributed by atoms with E-state index in [1.54, 1.807) is 12.1 Å². The molecule has 0 radical (unpaired) electrons. The van der Waals surface area contributed by atoms with E-state index >= 15 is 0 Å². The van der Waals surface area contributed by atoms with Crippen molar-refractivity contribution in [3.05, 3.63) is 75.6 Å². The first-order valence-electron chi connectivity index (χ1n) is 9.99. The van der Waals surface area contributed by atoms with Crippen molar-refractivity contribution in [1.82, 2.24) is 4.98 Å². The number of sulfonamides is 1. The molecular weight excluding hydrogens is 492 g/mol. The minimum atomic E-state index is -4.23. The number of halogens is 3. The Bertz CT molecular complexity index is 1270. The molecule has 1 heterocycles. The topological polar surface area (TPSA) is 94.3 Å². The minimum Gasteiger partial charge on any atom is -0.491 e. The molecule has 3 aromatic rings. The Balaban J connectivity index is 1.54. The second-order valence-corrected chi connectivity index (χ2v) is 10.3. The zero-order valence-corrected chi connectivity index (χ0v) is 19.6. The van der Waals surface area contributed by atoms with Crippen molar-refractivity contribution >= 4 is 44.4 Å². The highest BCUT2D eigenvalue weighted by atomic mass is 35.5. The van der Waals surface area contributed by atoms with Gasteiger partial charge in [-0.3, -0.25) is 4.72 Å². The number of nitrogens with one attached hydrogen (secondary N) is 1. The second kappa shape index (κ2) is 9.76. The number of aromatic nitrogens is 1. The van der Waals surface area contributed by atoms with Crippen LogP contribution >= 0.6 is 22.9 Å². The van der Waals surface area contributed by atoms with E-state index in [0.717, 1.165) is 36.1 Å². The molecule has 1 aromatic heterocycles. The molecule has 174 valence electrons. The summed E-state index contributed by atoms with van der Waals surface area (Å²) in [7, 11) is -4.23. The van der Waals surface area contributed by atoms with Gasteiger partial charge in [-0.15, -0.1) is 11.3 Å². The Hall–Kier alpha value is -2.53. The van der Waals surface area contributed by atoms with Gasteiger partial charge in [0, 0.05) is 23.4 Å².